The van der Waals surface area contributed by atoms with E-state index < -0.39 is 0 Å². The van der Waals surface area contributed by atoms with Gasteiger partial charge in [-0.3, -0.25) is 14.3 Å². The molecule has 7 heteroatoms. The number of nitrogens with zero attached hydrogens (tertiary/aromatic N) is 3. The van der Waals surface area contributed by atoms with Gasteiger partial charge in [-0.25, -0.2) is 0 Å². The maximum atomic E-state index is 12.8. The van der Waals surface area contributed by atoms with Crippen molar-refractivity contribution in [3.8, 4) is 0 Å². The summed E-state index contributed by atoms with van der Waals surface area (Å²) in [6.07, 6.45) is 1.60. The second-order valence-corrected chi connectivity index (χ2v) is 7.00. The lowest BCUT2D eigenvalue weighted by atomic mass is 10.2. The van der Waals surface area contributed by atoms with Crippen molar-refractivity contribution in [3.63, 3.8) is 0 Å². The Hall–Kier alpha value is -3.87. The first-order chi connectivity index (χ1) is 14.5. The molecule has 2 aromatic carbocycles. The van der Waals surface area contributed by atoms with Gasteiger partial charge in [0, 0.05) is 37.4 Å². The number of rotatable bonds is 6. The van der Waals surface area contributed by atoms with Gasteiger partial charge in [0.05, 0.1) is 0 Å². The van der Waals surface area contributed by atoms with Gasteiger partial charge in [0.2, 0.25) is 0 Å². The molecule has 30 heavy (non-hydrogen) atoms. The van der Waals surface area contributed by atoms with Crippen molar-refractivity contribution in [2.24, 2.45) is 0 Å². The summed E-state index contributed by atoms with van der Waals surface area (Å²) < 4.78 is 7.37. The Morgan fingerprint density at radius 2 is 1.90 bits per heavy atom. The lowest BCUT2D eigenvalue weighted by molar-refractivity contribution is 0.0755. The number of carbonyl (C=O) groups is 2. The Kier molecular flexibility index (Phi) is 5.34. The Morgan fingerprint density at radius 1 is 1.10 bits per heavy atom. The molecule has 4 aromatic rings. The number of aromatic nitrogens is 2. The Labute approximate surface area is 173 Å². The molecule has 0 fully saturated rings. The van der Waals surface area contributed by atoms with Gasteiger partial charge < -0.3 is 14.6 Å². The molecule has 0 aliphatic rings. The molecule has 152 valence electrons. The second-order valence-electron chi connectivity index (χ2n) is 7.00. The summed E-state index contributed by atoms with van der Waals surface area (Å²) in [6.45, 7) is 3.02. The average Bonchev–Trinajstić information content (AvgIpc) is 3.40. The minimum atomic E-state index is -0.240. The molecular weight excluding hydrogens is 380 g/mol. The van der Waals surface area contributed by atoms with E-state index in [9.17, 15) is 9.59 Å². The normalized spacial score (nSPS) is 10.9. The summed E-state index contributed by atoms with van der Waals surface area (Å²) in [5.74, 6) is -0.181. The van der Waals surface area contributed by atoms with Crippen LogP contribution in [0.15, 0.2) is 71.3 Å². The summed E-state index contributed by atoms with van der Waals surface area (Å²) in [6, 6.07) is 18.4. The van der Waals surface area contributed by atoms with Crippen LogP contribution in [0.4, 0.5) is 5.69 Å². The minimum absolute atomic E-state index is 0.201. The standard InChI is InChI=1S/C23H22N4O3/c1-3-27-19(11-12-24-27)22(28)25-18-9-10-20-17(13-18)14-21(30-20)23(29)26(2)15-16-7-5-4-6-8-16/h4-14H,3,15H2,1-2H3,(H,25,28). The number of carbonyl (C=O) groups excluding carboxylic acids is 2. The smallest absolute Gasteiger partial charge is 0.289 e. The molecule has 1 N–H and O–H groups in total. The number of hydrogen-bond acceptors (Lipinski definition) is 4. The molecule has 0 aliphatic heterocycles. The molecule has 0 unspecified atom stereocenters. The van der Waals surface area contributed by atoms with Gasteiger partial charge in [-0.15, -0.1) is 0 Å². The van der Waals surface area contributed by atoms with Crippen LogP contribution in [-0.2, 0) is 13.1 Å². The van der Waals surface area contributed by atoms with Crippen LogP contribution in [0.3, 0.4) is 0 Å². The van der Waals surface area contributed by atoms with Crippen LogP contribution < -0.4 is 5.32 Å². The zero-order valence-electron chi connectivity index (χ0n) is 16.8. The summed E-state index contributed by atoms with van der Waals surface area (Å²) in [7, 11) is 1.74. The molecule has 0 atom stereocenters. The first-order valence-electron chi connectivity index (χ1n) is 9.71. The number of hydrogen-bond donors (Lipinski definition) is 1. The molecule has 0 aliphatic carbocycles. The van der Waals surface area contributed by atoms with Crippen LogP contribution in [-0.4, -0.2) is 33.5 Å². The Balaban J connectivity index is 1.50. The number of aryl methyl sites for hydroxylation is 1. The molecule has 2 amide bonds. The third-order valence-corrected chi connectivity index (χ3v) is 4.84. The van der Waals surface area contributed by atoms with Crippen LogP contribution in [0.5, 0.6) is 0 Å². The average molecular weight is 402 g/mol. The van der Waals surface area contributed by atoms with E-state index in [4.69, 9.17) is 4.42 Å². The topological polar surface area (TPSA) is 80.4 Å². The number of benzene rings is 2. The van der Waals surface area contributed by atoms with Gasteiger partial charge in [-0.2, -0.15) is 5.10 Å². The fraction of sp³-hybridized carbons (Fsp3) is 0.174. The summed E-state index contributed by atoms with van der Waals surface area (Å²) in [5.41, 5.74) is 2.74. The highest BCUT2D eigenvalue weighted by Gasteiger charge is 2.18. The summed E-state index contributed by atoms with van der Waals surface area (Å²) >= 11 is 0. The molecule has 0 radical (unpaired) electrons. The predicted octanol–water partition coefficient (Wildman–Crippen LogP) is 4.17. The number of nitrogens with one attached hydrogen (secondary N) is 1. The van der Waals surface area contributed by atoms with E-state index in [1.165, 1.54) is 0 Å². The molecule has 2 heterocycles. The van der Waals surface area contributed by atoms with E-state index in [0.29, 0.717) is 30.1 Å². The number of furan rings is 1. The first-order valence-corrected chi connectivity index (χ1v) is 9.71. The lowest BCUT2D eigenvalue weighted by Crippen LogP contribution is -2.25. The van der Waals surface area contributed by atoms with E-state index in [-0.39, 0.29) is 17.6 Å². The van der Waals surface area contributed by atoms with Gasteiger partial charge in [0.15, 0.2) is 5.76 Å². The van der Waals surface area contributed by atoms with Gasteiger partial charge in [-0.1, -0.05) is 30.3 Å². The number of fused-ring (bicyclic) bond motifs is 1. The maximum Gasteiger partial charge on any atom is 0.289 e. The van der Waals surface area contributed by atoms with Crippen molar-refractivity contribution in [3.05, 3.63) is 83.9 Å². The van der Waals surface area contributed by atoms with Crippen LogP contribution >= 0.6 is 0 Å². The fourth-order valence-electron chi connectivity index (χ4n) is 3.32. The quantitative estimate of drug-likeness (QED) is 0.525. The highest BCUT2D eigenvalue weighted by atomic mass is 16.3. The maximum absolute atomic E-state index is 12.8. The van der Waals surface area contributed by atoms with Crippen molar-refractivity contribution < 1.29 is 14.0 Å². The number of amides is 2. The van der Waals surface area contributed by atoms with Gasteiger partial charge in [0.1, 0.15) is 11.3 Å². The van der Waals surface area contributed by atoms with Crippen molar-refractivity contribution in [1.82, 2.24) is 14.7 Å². The van der Waals surface area contributed by atoms with Crippen molar-refractivity contribution in [2.75, 3.05) is 12.4 Å². The minimum Gasteiger partial charge on any atom is -0.451 e. The molecule has 0 spiro atoms. The van der Waals surface area contributed by atoms with Gasteiger partial charge in [-0.05, 0) is 42.8 Å². The van der Waals surface area contributed by atoms with E-state index in [1.807, 2.05) is 37.3 Å². The zero-order chi connectivity index (χ0) is 21.1. The largest absolute Gasteiger partial charge is 0.451 e. The highest BCUT2D eigenvalue weighted by Crippen LogP contribution is 2.24. The third kappa shape index (κ3) is 3.96. The lowest BCUT2D eigenvalue weighted by Gasteiger charge is -2.15. The van der Waals surface area contributed by atoms with E-state index in [2.05, 4.69) is 10.4 Å². The molecule has 2 aromatic heterocycles. The number of anilines is 1. The van der Waals surface area contributed by atoms with Crippen LogP contribution in [0.2, 0.25) is 0 Å². The van der Waals surface area contributed by atoms with E-state index >= 15 is 0 Å². The Bertz CT molecular complexity index is 1190. The molecule has 0 saturated heterocycles. The van der Waals surface area contributed by atoms with Crippen LogP contribution in [0.25, 0.3) is 11.0 Å². The SMILES string of the molecule is CCn1nccc1C(=O)Nc1ccc2oc(C(=O)N(C)Cc3ccccc3)cc2c1. The first kappa shape index (κ1) is 19.4. The monoisotopic (exact) mass is 402 g/mol. The van der Waals surface area contributed by atoms with E-state index in [0.717, 1.165) is 10.9 Å². The van der Waals surface area contributed by atoms with Crippen molar-refractivity contribution in [2.45, 2.75) is 20.0 Å². The predicted molar refractivity (Wildman–Crippen MR) is 114 cm³/mol. The highest BCUT2D eigenvalue weighted by molar-refractivity contribution is 6.04. The second kappa shape index (κ2) is 8.24. The van der Waals surface area contributed by atoms with Crippen LogP contribution in [0, 0.1) is 0 Å². The third-order valence-electron chi connectivity index (χ3n) is 4.84. The molecular formula is C23H22N4O3. The molecule has 4 rings (SSSR count). The Morgan fingerprint density at radius 3 is 2.67 bits per heavy atom. The molecule has 0 saturated carbocycles. The molecule has 7 nitrogen and oxygen atoms in total. The van der Waals surface area contributed by atoms with Gasteiger partial charge in [0.25, 0.3) is 11.8 Å². The van der Waals surface area contributed by atoms with Crippen LogP contribution in [0.1, 0.15) is 33.5 Å². The van der Waals surface area contributed by atoms with Gasteiger partial charge >= 0.3 is 0 Å². The summed E-state index contributed by atoms with van der Waals surface area (Å²) in [5, 5.41) is 7.73. The zero-order valence-corrected chi connectivity index (χ0v) is 16.8. The molecule has 0 bridgehead atoms. The van der Waals surface area contributed by atoms with Crippen molar-refractivity contribution in [1.29, 1.82) is 0 Å². The van der Waals surface area contributed by atoms with E-state index in [1.54, 1.807) is 53.2 Å². The summed E-state index contributed by atoms with van der Waals surface area (Å²) in [4.78, 5) is 26.9. The van der Waals surface area contributed by atoms with Crippen molar-refractivity contribution >= 4 is 28.5 Å². The fourth-order valence-corrected chi connectivity index (χ4v) is 3.32.